The van der Waals surface area contributed by atoms with Gasteiger partial charge in [0.1, 0.15) is 11.9 Å². The van der Waals surface area contributed by atoms with Crippen LogP contribution in [0.25, 0.3) is 0 Å². The molecule has 0 aromatic heterocycles. The Kier molecular flexibility index (Phi) is 4.50. The molecule has 1 aromatic carbocycles. The smallest absolute Gasteiger partial charge is 0.327 e. The van der Waals surface area contributed by atoms with Gasteiger partial charge in [-0.3, -0.25) is 4.90 Å². The first-order valence-corrected chi connectivity index (χ1v) is 6.38. The maximum Gasteiger partial charge on any atom is 0.327 e. The number of hydrogen-bond donors (Lipinski definition) is 1. The van der Waals surface area contributed by atoms with Crippen LogP contribution < -0.4 is 0 Å². The lowest BCUT2D eigenvalue weighted by Crippen LogP contribution is -2.42. The molecule has 0 spiro atoms. The first kappa shape index (κ1) is 14.0. The van der Waals surface area contributed by atoms with Crippen molar-refractivity contribution in [3.8, 4) is 0 Å². The van der Waals surface area contributed by atoms with Crippen LogP contribution in [-0.4, -0.2) is 42.3 Å². The van der Waals surface area contributed by atoms with E-state index in [4.69, 9.17) is 4.74 Å². The van der Waals surface area contributed by atoms with E-state index in [9.17, 15) is 14.3 Å². The van der Waals surface area contributed by atoms with Crippen LogP contribution in [0.1, 0.15) is 24.4 Å². The lowest BCUT2D eigenvalue weighted by molar-refractivity contribution is -0.148. The molecule has 1 unspecified atom stereocenters. The molecular weight excluding hydrogens is 249 g/mol. The zero-order chi connectivity index (χ0) is 13.8. The number of esters is 1. The maximum atomic E-state index is 13.9. The Labute approximate surface area is 111 Å². The lowest BCUT2D eigenvalue weighted by atomic mass is 10.00. The average Bonchev–Trinajstić information content (AvgIpc) is 2.43. The second-order valence-electron chi connectivity index (χ2n) is 4.71. The number of rotatable bonds is 3. The average molecular weight is 267 g/mol. The quantitative estimate of drug-likeness (QED) is 0.843. The van der Waals surface area contributed by atoms with Gasteiger partial charge in [-0.25, -0.2) is 9.18 Å². The summed E-state index contributed by atoms with van der Waals surface area (Å²) < 4.78 is 18.7. The molecule has 1 N–H and O–H groups in total. The predicted molar refractivity (Wildman–Crippen MR) is 68.0 cm³/mol. The molecule has 0 amide bonds. The Hall–Kier alpha value is -1.46. The highest BCUT2D eigenvalue weighted by Crippen LogP contribution is 2.27. The van der Waals surface area contributed by atoms with Gasteiger partial charge in [0.2, 0.25) is 0 Å². The summed E-state index contributed by atoms with van der Waals surface area (Å²) >= 11 is 0. The highest BCUT2D eigenvalue weighted by atomic mass is 19.1. The summed E-state index contributed by atoms with van der Waals surface area (Å²) in [6, 6.07) is 5.49. The number of carbonyl (C=O) groups is 1. The predicted octanol–water partition coefficient (Wildman–Crippen LogP) is 1.50. The Morgan fingerprint density at radius 2 is 2.05 bits per heavy atom. The van der Waals surface area contributed by atoms with E-state index in [2.05, 4.69) is 0 Å². The zero-order valence-corrected chi connectivity index (χ0v) is 10.9. The van der Waals surface area contributed by atoms with Crippen LogP contribution in [0.5, 0.6) is 0 Å². The standard InChI is InChI=1S/C14H18FNO3/c1-19-14(18)13(11-4-2-3-5-12(11)15)16-8-6-10(17)7-9-16/h2-5,10,13,17H,6-9H2,1H3. The van der Waals surface area contributed by atoms with Crippen molar-refractivity contribution in [1.82, 2.24) is 4.90 Å². The Bertz CT molecular complexity index is 444. The SMILES string of the molecule is COC(=O)C(c1ccccc1F)N1CCC(O)CC1. The van der Waals surface area contributed by atoms with Crippen molar-refractivity contribution in [2.24, 2.45) is 0 Å². The molecule has 1 aliphatic heterocycles. The number of likely N-dealkylation sites (tertiary alicyclic amines) is 1. The molecule has 0 radical (unpaired) electrons. The van der Waals surface area contributed by atoms with Crippen LogP contribution in [0, 0.1) is 5.82 Å². The molecule has 1 atom stereocenters. The van der Waals surface area contributed by atoms with Crippen LogP contribution in [0.2, 0.25) is 0 Å². The first-order chi connectivity index (χ1) is 9.13. The minimum atomic E-state index is -0.737. The lowest BCUT2D eigenvalue weighted by Gasteiger charge is -2.34. The van der Waals surface area contributed by atoms with Crippen LogP contribution in [0.3, 0.4) is 0 Å². The third-order valence-corrected chi connectivity index (χ3v) is 3.49. The molecule has 4 nitrogen and oxygen atoms in total. The van der Waals surface area contributed by atoms with E-state index >= 15 is 0 Å². The second-order valence-corrected chi connectivity index (χ2v) is 4.71. The van der Waals surface area contributed by atoms with E-state index < -0.39 is 17.8 Å². The van der Waals surface area contributed by atoms with Gasteiger partial charge in [0.25, 0.3) is 0 Å². The van der Waals surface area contributed by atoms with Gasteiger partial charge in [0.15, 0.2) is 0 Å². The van der Waals surface area contributed by atoms with Crippen molar-refractivity contribution in [1.29, 1.82) is 0 Å². The molecule has 104 valence electrons. The van der Waals surface area contributed by atoms with Crippen molar-refractivity contribution in [3.05, 3.63) is 35.6 Å². The highest BCUT2D eigenvalue weighted by molar-refractivity contribution is 5.77. The summed E-state index contributed by atoms with van der Waals surface area (Å²) in [5.74, 6) is -0.884. The number of carbonyl (C=O) groups excluding carboxylic acids is 1. The van der Waals surface area contributed by atoms with Crippen molar-refractivity contribution in [3.63, 3.8) is 0 Å². The molecule has 1 heterocycles. The third kappa shape index (κ3) is 3.11. The minimum Gasteiger partial charge on any atom is -0.468 e. The van der Waals surface area contributed by atoms with Gasteiger partial charge in [-0.15, -0.1) is 0 Å². The molecule has 0 aliphatic carbocycles. The molecule has 0 bridgehead atoms. The summed E-state index contributed by atoms with van der Waals surface area (Å²) in [6.07, 6.45) is 0.833. The highest BCUT2D eigenvalue weighted by Gasteiger charge is 2.32. The summed E-state index contributed by atoms with van der Waals surface area (Å²) in [4.78, 5) is 13.8. The second kappa shape index (κ2) is 6.12. The zero-order valence-electron chi connectivity index (χ0n) is 10.9. The van der Waals surface area contributed by atoms with Gasteiger partial charge in [0.05, 0.1) is 13.2 Å². The van der Waals surface area contributed by atoms with Gasteiger partial charge < -0.3 is 9.84 Å². The number of hydrogen-bond acceptors (Lipinski definition) is 4. The normalized spacial score (nSPS) is 19.1. The van der Waals surface area contributed by atoms with E-state index in [1.54, 1.807) is 18.2 Å². The Balaban J connectivity index is 2.26. The topological polar surface area (TPSA) is 49.8 Å². The van der Waals surface area contributed by atoms with Crippen molar-refractivity contribution in [2.45, 2.75) is 25.0 Å². The van der Waals surface area contributed by atoms with Gasteiger partial charge in [-0.05, 0) is 18.9 Å². The minimum absolute atomic E-state index is 0.325. The van der Waals surface area contributed by atoms with E-state index in [0.29, 0.717) is 31.5 Å². The number of ether oxygens (including phenoxy) is 1. The summed E-state index contributed by atoms with van der Waals surface area (Å²) in [6.45, 7) is 1.10. The van der Waals surface area contributed by atoms with E-state index in [-0.39, 0.29) is 6.10 Å². The number of piperidine rings is 1. The molecule has 5 heteroatoms. The molecule has 1 fully saturated rings. The molecular formula is C14H18FNO3. The van der Waals surface area contributed by atoms with Crippen LogP contribution in [-0.2, 0) is 9.53 Å². The fourth-order valence-electron chi connectivity index (χ4n) is 2.43. The first-order valence-electron chi connectivity index (χ1n) is 6.38. The van der Waals surface area contributed by atoms with Gasteiger partial charge in [-0.2, -0.15) is 0 Å². The van der Waals surface area contributed by atoms with Crippen molar-refractivity contribution < 1.29 is 19.0 Å². The van der Waals surface area contributed by atoms with E-state index in [0.717, 1.165) is 0 Å². The van der Waals surface area contributed by atoms with Gasteiger partial charge in [0, 0.05) is 18.7 Å². The number of benzene rings is 1. The molecule has 1 aromatic rings. The summed E-state index contributed by atoms with van der Waals surface area (Å²) in [5.41, 5.74) is 0.325. The summed E-state index contributed by atoms with van der Waals surface area (Å²) in [5, 5.41) is 9.51. The Morgan fingerprint density at radius 3 is 2.63 bits per heavy atom. The number of methoxy groups -OCH3 is 1. The molecule has 1 saturated heterocycles. The largest absolute Gasteiger partial charge is 0.468 e. The van der Waals surface area contributed by atoms with Crippen LogP contribution in [0.15, 0.2) is 24.3 Å². The third-order valence-electron chi connectivity index (χ3n) is 3.49. The van der Waals surface area contributed by atoms with E-state index in [1.165, 1.54) is 13.2 Å². The fraction of sp³-hybridized carbons (Fsp3) is 0.500. The monoisotopic (exact) mass is 267 g/mol. The van der Waals surface area contributed by atoms with Crippen LogP contribution >= 0.6 is 0 Å². The number of aliphatic hydroxyl groups excluding tert-OH is 1. The molecule has 19 heavy (non-hydrogen) atoms. The molecule has 0 saturated carbocycles. The van der Waals surface area contributed by atoms with Gasteiger partial charge in [-0.1, -0.05) is 18.2 Å². The van der Waals surface area contributed by atoms with Crippen molar-refractivity contribution in [2.75, 3.05) is 20.2 Å². The van der Waals surface area contributed by atoms with Crippen molar-refractivity contribution >= 4 is 5.97 Å². The fourth-order valence-corrected chi connectivity index (χ4v) is 2.43. The maximum absolute atomic E-state index is 13.9. The summed E-state index contributed by atoms with van der Waals surface area (Å²) in [7, 11) is 1.30. The number of aliphatic hydroxyl groups is 1. The van der Waals surface area contributed by atoms with E-state index in [1.807, 2.05) is 4.90 Å². The number of nitrogens with zero attached hydrogens (tertiary/aromatic N) is 1. The number of halogens is 1. The molecule has 2 rings (SSSR count). The van der Waals surface area contributed by atoms with Crippen LogP contribution in [0.4, 0.5) is 4.39 Å². The molecule has 1 aliphatic rings. The van der Waals surface area contributed by atoms with Gasteiger partial charge >= 0.3 is 5.97 Å². The Morgan fingerprint density at radius 1 is 1.42 bits per heavy atom.